The molecule has 1 amide bonds. The molecular formula is C16H20F3NO3. The van der Waals surface area contributed by atoms with Gasteiger partial charge in [0.15, 0.2) is 6.61 Å². The van der Waals surface area contributed by atoms with E-state index in [9.17, 15) is 23.1 Å². The van der Waals surface area contributed by atoms with Gasteiger partial charge in [0.1, 0.15) is 5.75 Å². The Kier molecular flexibility index (Phi) is 5.87. The van der Waals surface area contributed by atoms with Crippen molar-refractivity contribution in [2.75, 3.05) is 13.2 Å². The van der Waals surface area contributed by atoms with E-state index >= 15 is 0 Å². The molecule has 0 spiro atoms. The number of carbonyl (C=O) groups is 1. The Bertz CT molecular complexity index is 516. The SMILES string of the molecule is O=C(COc1ccc(C(F)(F)F)cc1)NCC1CCCC(O)C1. The Morgan fingerprint density at radius 2 is 1.96 bits per heavy atom. The molecule has 128 valence electrons. The first-order valence-corrected chi connectivity index (χ1v) is 7.59. The van der Waals surface area contributed by atoms with Crippen LogP contribution in [0.5, 0.6) is 5.75 Å². The lowest BCUT2D eigenvalue weighted by molar-refractivity contribution is -0.137. The van der Waals surface area contributed by atoms with Crippen LogP contribution in [0, 0.1) is 5.92 Å². The van der Waals surface area contributed by atoms with Crippen LogP contribution in [0.3, 0.4) is 0 Å². The Labute approximate surface area is 132 Å². The number of nitrogens with one attached hydrogen (secondary N) is 1. The van der Waals surface area contributed by atoms with Crippen LogP contribution in [0.25, 0.3) is 0 Å². The molecule has 23 heavy (non-hydrogen) atoms. The molecule has 0 bridgehead atoms. The number of amides is 1. The van der Waals surface area contributed by atoms with Crippen molar-refractivity contribution in [2.24, 2.45) is 5.92 Å². The van der Waals surface area contributed by atoms with E-state index in [1.807, 2.05) is 0 Å². The van der Waals surface area contributed by atoms with Gasteiger partial charge in [-0.15, -0.1) is 0 Å². The fourth-order valence-corrected chi connectivity index (χ4v) is 2.65. The van der Waals surface area contributed by atoms with Crippen LogP contribution in [0.15, 0.2) is 24.3 Å². The van der Waals surface area contributed by atoms with E-state index in [0.717, 1.165) is 31.4 Å². The molecule has 4 nitrogen and oxygen atoms in total. The second kappa shape index (κ2) is 7.68. The number of carbonyl (C=O) groups excluding carboxylic acids is 1. The van der Waals surface area contributed by atoms with Crippen LogP contribution in [-0.2, 0) is 11.0 Å². The molecular weight excluding hydrogens is 311 g/mol. The molecule has 0 aliphatic heterocycles. The standard InChI is InChI=1S/C16H20F3NO3/c17-16(18,19)12-4-6-14(7-5-12)23-10-15(22)20-9-11-2-1-3-13(21)8-11/h4-7,11,13,21H,1-3,8-10H2,(H,20,22). The summed E-state index contributed by atoms with van der Waals surface area (Å²) >= 11 is 0. The molecule has 1 aliphatic rings. The van der Waals surface area contributed by atoms with Crippen molar-refractivity contribution in [3.05, 3.63) is 29.8 Å². The summed E-state index contributed by atoms with van der Waals surface area (Å²) in [5, 5.41) is 12.3. The third kappa shape index (κ3) is 5.74. The van der Waals surface area contributed by atoms with Crippen molar-refractivity contribution in [3.63, 3.8) is 0 Å². The molecule has 1 aliphatic carbocycles. The van der Waals surface area contributed by atoms with Crippen LogP contribution in [0.4, 0.5) is 13.2 Å². The summed E-state index contributed by atoms with van der Waals surface area (Å²) < 4.78 is 42.4. The van der Waals surface area contributed by atoms with Gasteiger partial charge in [-0.3, -0.25) is 4.79 Å². The third-order valence-electron chi connectivity index (χ3n) is 3.89. The van der Waals surface area contributed by atoms with Crippen molar-refractivity contribution < 1.29 is 27.8 Å². The van der Waals surface area contributed by atoms with Crippen LogP contribution >= 0.6 is 0 Å². The van der Waals surface area contributed by atoms with Gasteiger partial charge < -0.3 is 15.2 Å². The minimum absolute atomic E-state index is 0.209. The zero-order valence-corrected chi connectivity index (χ0v) is 12.6. The number of alkyl halides is 3. The molecule has 1 aromatic carbocycles. The lowest BCUT2D eigenvalue weighted by Gasteiger charge is -2.25. The molecule has 0 saturated heterocycles. The summed E-state index contributed by atoms with van der Waals surface area (Å²) in [5.74, 6) is 0.139. The number of hydrogen-bond acceptors (Lipinski definition) is 3. The lowest BCUT2D eigenvalue weighted by atomic mass is 9.87. The molecule has 2 atom stereocenters. The van der Waals surface area contributed by atoms with E-state index in [4.69, 9.17) is 4.74 Å². The monoisotopic (exact) mass is 331 g/mol. The Hall–Kier alpha value is -1.76. The molecule has 7 heteroatoms. The number of hydrogen-bond donors (Lipinski definition) is 2. The maximum absolute atomic E-state index is 12.4. The molecule has 2 rings (SSSR count). The average molecular weight is 331 g/mol. The van der Waals surface area contributed by atoms with Crippen LogP contribution in [-0.4, -0.2) is 30.3 Å². The van der Waals surface area contributed by atoms with Crippen LogP contribution in [0.1, 0.15) is 31.2 Å². The third-order valence-corrected chi connectivity index (χ3v) is 3.89. The molecule has 1 aromatic rings. The van der Waals surface area contributed by atoms with Gasteiger partial charge in [-0.2, -0.15) is 13.2 Å². The van der Waals surface area contributed by atoms with Gasteiger partial charge in [0, 0.05) is 6.54 Å². The van der Waals surface area contributed by atoms with Crippen LogP contribution < -0.4 is 10.1 Å². The van der Waals surface area contributed by atoms with E-state index < -0.39 is 11.7 Å². The van der Waals surface area contributed by atoms with Gasteiger partial charge in [0.05, 0.1) is 11.7 Å². The molecule has 2 unspecified atom stereocenters. The van der Waals surface area contributed by atoms with E-state index in [-0.39, 0.29) is 30.3 Å². The van der Waals surface area contributed by atoms with Crippen molar-refractivity contribution in [2.45, 2.75) is 38.0 Å². The number of aliphatic hydroxyl groups excluding tert-OH is 1. The van der Waals surface area contributed by atoms with E-state index in [0.29, 0.717) is 13.0 Å². The van der Waals surface area contributed by atoms with E-state index in [1.54, 1.807) is 0 Å². The van der Waals surface area contributed by atoms with Gasteiger partial charge in [0.25, 0.3) is 5.91 Å². The second-order valence-corrected chi connectivity index (χ2v) is 5.80. The van der Waals surface area contributed by atoms with Gasteiger partial charge in [-0.05, 0) is 49.4 Å². The summed E-state index contributed by atoms with van der Waals surface area (Å²) in [6.45, 7) is 0.229. The first kappa shape index (κ1) is 17.6. The summed E-state index contributed by atoms with van der Waals surface area (Å²) in [6.07, 6.45) is -1.28. The van der Waals surface area contributed by atoms with Crippen molar-refractivity contribution >= 4 is 5.91 Å². The number of ether oxygens (including phenoxy) is 1. The van der Waals surface area contributed by atoms with Crippen molar-refractivity contribution in [1.82, 2.24) is 5.32 Å². The maximum Gasteiger partial charge on any atom is 0.416 e. The maximum atomic E-state index is 12.4. The fraction of sp³-hybridized carbons (Fsp3) is 0.562. The highest BCUT2D eigenvalue weighted by atomic mass is 19.4. The van der Waals surface area contributed by atoms with E-state index in [2.05, 4.69) is 5.32 Å². The summed E-state index contributed by atoms with van der Waals surface area (Å²) in [5.41, 5.74) is -0.759. The molecule has 0 heterocycles. The lowest BCUT2D eigenvalue weighted by Crippen LogP contribution is -2.35. The smallest absolute Gasteiger partial charge is 0.416 e. The number of benzene rings is 1. The molecule has 0 aromatic heterocycles. The first-order chi connectivity index (χ1) is 10.8. The zero-order chi connectivity index (χ0) is 16.9. The molecule has 0 radical (unpaired) electrons. The van der Waals surface area contributed by atoms with E-state index in [1.165, 1.54) is 12.1 Å². The minimum Gasteiger partial charge on any atom is -0.484 e. The number of halogens is 3. The van der Waals surface area contributed by atoms with Crippen LogP contribution in [0.2, 0.25) is 0 Å². The number of aliphatic hydroxyl groups is 1. The topological polar surface area (TPSA) is 58.6 Å². The predicted molar refractivity (Wildman–Crippen MR) is 77.9 cm³/mol. The molecule has 1 fully saturated rings. The van der Waals surface area contributed by atoms with Gasteiger partial charge in [0.2, 0.25) is 0 Å². The highest BCUT2D eigenvalue weighted by Crippen LogP contribution is 2.30. The Morgan fingerprint density at radius 3 is 2.57 bits per heavy atom. The highest BCUT2D eigenvalue weighted by Gasteiger charge is 2.30. The quantitative estimate of drug-likeness (QED) is 0.872. The largest absolute Gasteiger partial charge is 0.484 e. The first-order valence-electron chi connectivity index (χ1n) is 7.59. The van der Waals surface area contributed by atoms with Gasteiger partial charge in [-0.1, -0.05) is 6.42 Å². The van der Waals surface area contributed by atoms with Gasteiger partial charge in [-0.25, -0.2) is 0 Å². The van der Waals surface area contributed by atoms with Crippen molar-refractivity contribution in [3.8, 4) is 5.75 Å². The zero-order valence-electron chi connectivity index (χ0n) is 12.6. The average Bonchev–Trinajstić information content (AvgIpc) is 2.50. The Balaban J connectivity index is 1.71. The van der Waals surface area contributed by atoms with Crippen molar-refractivity contribution in [1.29, 1.82) is 0 Å². The second-order valence-electron chi connectivity index (χ2n) is 5.80. The Morgan fingerprint density at radius 1 is 1.26 bits per heavy atom. The summed E-state index contributed by atoms with van der Waals surface area (Å²) in [4.78, 5) is 11.7. The molecule has 2 N–H and O–H groups in total. The number of rotatable bonds is 5. The molecule has 1 saturated carbocycles. The fourth-order valence-electron chi connectivity index (χ4n) is 2.65. The predicted octanol–water partition coefficient (Wildman–Crippen LogP) is 2.75. The normalized spacial score (nSPS) is 21.7. The summed E-state index contributed by atoms with van der Waals surface area (Å²) in [6, 6.07) is 4.20. The highest BCUT2D eigenvalue weighted by molar-refractivity contribution is 5.77. The summed E-state index contributed by atoms with van der Waals surface area (Å²) in [7, 11) is 0. The minimum atomic E-state index is -4.39. The van der Waals surface area contributed by atoms with Gasteiger partial charge >= 0.3 is 6.18 Å².